The van der Waals surface area contributed by atoms with Crippen LogP contribution >= 0.6 is 0 Å². The van der Waals surface area contributed by atoms with Gasteiger partial charge in [0, 0.05) is 13.1 Å². The molecule has 30 heavy (non-hydrogen) atoms. The first-order valence-electron chi connectivity index (χ1n) is 9.68. The molecule has 0 aliphatic rings. The number of nitrogens with one attached hydrogen (secondary N) is 1. The number of halogens is 2. The molecule has 0 bridgehead atoms. The van der Waals surface area contributed by atoms with Gasteiger partial charge in [0.2, 0.25) is 5.91 Å². The van der Waals surface area contributed by atoms with E-state index in [-0.39, 0.29) is 18.2 Å². The molecule has 0 atom stereocenters. The number of carbonyl (C=O) groups is 1. The van der Waals surface area contributed by atoms with E-state index in [0.29, 0.717) is 37.6 Å². The number of rotatable bonds is 12. The predicted molar refractivity (Wildman–Crippen MR) is 110 cm³/mol. The van der Waals surface area contributed by atoms with E-state index in [1.165, 1.54) is 12.1 Å². The van der Waals surface area contributed by atoms with Crippen LogP contribution in [0, 0.1) is 0 Å². The van der Waals surface area contributed by atoms with Crippen molar-refractivity contribution < 1.29 is 27.8 Å². The van der Waals surface area contributed by atoms with Crippen LogP contribution in [0.25, 0.3) is 0 Å². The molecule has 0 radical (unpaired) electrons. The van der Waals surface area contributed by atoms with Crippen LogP contribution in [0.4, 0.5) is 8.78 Å². The first kappa shape index (κ1) is 23.4. The molecule has 0 heterocycles. The second-order valence-corrected chi connectivity index (χ2v) is 6.62. The van der Waals surface area contributed by atoms with Crippen molar-refractivity contribution in [2.24, 2.45) is 0 Å². The van der Waals surface area contributed by atoms with E-state index in [1.807, 2.05) is 30.0 Å². The van der Waals surface area contributed by atoms with Crippen molar-refractivity contribution in [2.75, 3.05) is 33.9 Å². The van der Waals surface area contributed by atoms with E-state index >= 15 is 0 Å². The van der Waals surface area contributed by atoms with Gasteiger partial charge in [0.1, 0.15) is 5.75 Å². The number of methoxy groups -OCH3 is 2. The summed E-state index contributed by atoms with van der Waals surface area (Å²) in [5.41, 5.74) is 1.95. The Kier molecular flexibility index (Phi) is 9.34. The number of hydrogen-bond acceptors (Lipinski definition) is 5. The largest absolute Gasteiger partial charge is 0.493 e. The smallest absolute Gasteiger partial charge is 0.387 e. The molecule has 164 valence electrons. The molecule has 8 heteroatoms. The van der Waals surface area contributed by atoms with Gasteiger partial charge in [0.25, 0.3) is 0 Å². The normalized spacial score (nSPS) is 10.9. The topological polar surface area (TPSA) is 60.0 Å². The maximum Gasteiger partial charge on any atom is 0.387 e. The Hall–Kier alpha value is -2.87. The van der Waals surface area contributed by atoms with E-state index in [0.717, 1.165) is 11.1 Å². The standard InChI is InChI=1S/C22H28F2N2O4/c1-4-26(14-17-7-10-19(28-2)20(13-17)29-3)15-21(27)25-12-11-16-5-8-18(9-6-16)30-22(23)24/h5-10,13,22H,4,11-12,14-15H2,1-3H3,(H,25,27). The molecule has 1 amide bonds. The van der Waals surface area contributed by atoms with Crippen molar-refractivity contribution in [3.05, 3.63) is 53.6 Å². The highest BCUT2D eigenvalue weighted by molar-refractivity contribution is 5.78. The molecule has 0 spiro atoms. The van der Waals surface area contributed by atoms with Crippen molar-refractivity contribution in [1.82, 2.24) is 10.2 Å². The minimum atomic E-state index is -2.84. The number of benzene rings is 2. The maximum atomic E-state index is 12.3. The van der Waals surface area contributed by atoms with E-state index in [9.17, 15) is 13.6 Å². The van der Waals surface area contributed by atoms with Crippen molar-refractivity contribution in [3.8, 4) is 17.2 Å². The van der Waals surface area contributed by atoms with Gasteiger partial charge in [0.15, 0.2) is 11.5 Å². The lowest BCUT2D eigenvalue weighted by Crippen LogP contribution is -2.37. The highest BCUT2D eigenvalue weighted by Gasteiger charge is 2.12. The summed E-state index contributed by atoms with van der Waals surface area (Å²) >= 11 is 0. The van der Waals surface area contributed by atoms with Crippen LogP contribution in [-0.2, 0) is 17.8 Å². The molecule has 6 nitrogen and oxygen atoms in total. The average Bonchev–Trinajstić information content (AvgIpc) is 2.74. The molecule has 2 rings (SSSR count). The number of nitrogens with zero attached hydrogens (tertiary/aromatic N) is 1. The summed E-state index contributed by atoms with van der Waals surface area (Å²) in [7, 11) is 3.18. The SMILES string of the molecule is CCN(CC(=O)NCCc1ccc(OC(F)F)cc1)Cc1ccc(OC)c(OC)c1. The fraction of sp³-hybridized carbons (Fsp3) is 0.409. The van der Waals surface area contributed by atoms with Gasteiger partial charge < -0.3 is 19.5 Å². The predicted octanol–water partition coefficient (Wildman–Crippen LogP) is 3.49. The van der Waals surface area contributed by atoms with Gasteiger partial charge in [0.05, 0.1) is 20.8 Å². The summed E-state index contributed by atoms with van der Waals surface area (Å²) in [4.78, 5) is 14.3. The summed E-state index contributed by atoms with van der Waals surface area (Å²) < 4.78 is 39.2. The van der Waals surface area contributed by atoms with Crippen LogP contribution in [0.5, 0.6) is 17.2 Å². The van der Waals surface area contributed by atoms with Gasteiger partial charge >= 0.3 is 6.61 Å². The summed E-state index contributed by atoms with van der Waals surface area (Å²) in [6.07, 6.45) is 0.600. The zero-order valence-electron chi connectivity index (χ0n) is 17.5. The third-order valence-corrected chi connectivity index (χ3v) is 4.55. The molecule has 1 N–H and O–H groups in total. The Labute approximate surface area is 175 Å². The first-order chi connectivity index (χ1) is 14.4. The van der Waals surface area contributed by atoms with E-state index in [4.69, 9.17) is 9.47 Å². The van der Waals surface area contributed by atoms with Crippen LogP contribution in [0.1, 0.15) is 18.1 Å². The van der Waals surface area contributed by atoms with E-state index < -0.39 is 6.61 Å². The van der Waals surface area contributed by atoms with E-state index in [1.54, 1.807) is 26.4 Å². The van der Waals surface area contributed by atoms with Crippen molar-refractivity contribution in [1.29, 1.82) is 0 Å². The van der Waals surface area contributed by atoms with Crippen molar-refractivity contribution in [2.45, 2.75) is 26.5 Å². The minimum Gasteiger partial charge on any atom is -0.493 e. The molecular formula is C22H28F2N2O4. The summed E-state index contributed by atoms with van der Waals surface area (Å²) in [5.74, 6) is 1.36. The maximum absolute atomic E-state index is 12.3. The first-order valence-corrected chi connectivity index (χ1v) is 9.68. The quantitative estimate of drug-likeness (QED) is 0.568. The Morgan fingerprint density at radius 3 is 2.30 bits per heavy atom. The zero-order chi connectivity index (χ0) is 21.9. The molecule has 0 saturated heterocycles. The van der Waals surface area contributed by atoms with Crippen LogP contribution in [0.2, 0.25) is 0 Å². The molecular weight excluding hydrogens is 394 g/mol. The lowest BCUT2D eigenvalue weighted by atomic mass is 10.1. The second-order valence-electron chi connectivity index (χ2n) is 6.62. The molecule has 0 unspecified atom stereocenters. The summed E-state index contributed by atoms with van der Waals surface area (Å²) in [6.45, 7) is 1.21. The molecule has 2 aromatic carbocycles. The van der Waals surface area contributed by atoms with Crippen molar-refractivity contribution in [3.63, 3.8) is 0 Å². The summed E-state index contributed by atoms with van der Waals surface area (Å²) in [6, 6.07) is 12.1. The molecule has 2 aromatic rings. The lowest BCUT2D eigenvalue weighted by molar-refractivity contribution is -0.122. The Balaban J connectivity index is 1.80. The highest BCUT2D eigenvalue weighted by atomic mass is 19.3. The molecule has 0 fully saturated rings. The van der Waals surface area contributed by atoms with Crippen LogP contribution in [0.15, 0.2) is 42.5 Å². The third kappa shape index (κ3) is 7.51. The third-order valence-electron chi connectivity index (χ3n) is 4.55. The Morgan fingerprint density at radius 1 is 1.03 bits per heavy atom. The van der Waals surface area contributed by atoms with Crippen LogP contribution in [-0.4, -0.2) is 51.3 Å². The fourth-order valence-corrected chi connectivity index (χ4v) is 2.96. The Bertz CT molecular complexity index is 800. The van der Waals surface area contributed by atoms with Gasteiger partial charge in [-0.3, -0.25) is 9.69 Å². The van der Waals surface area contributed by atoms with Gasteiger partial charge in [-0.1, -0.05) is 25.1 Å². The van der Waals surface area contributed by atoms with Crippen LogP contribution < -0.4 is 19.5 Å². The fourth-order valence-electron chi connectivity index (χ4n) is 2.96. The van der Waals surface area contributed by atoms with Gasteiger partial charge in [-0.15, -0.1) is 0 Å². The average molecular weight is 422 g/mol. The Morgan fingerprint density at radius 2 is 1.70 bits per heavy atom. The number of ether oxygens (including phenoxy) is 3. The second kappa shape index (κ2) is 12.0. The van der Waals surface area contributed by atoms with E-state index in [2.05, 4.69) is 10.1 Å². The van der Waals surface area contributed by atoms with Crippen LogP contribution in [0.3, 0.4) is 0 Å². The molecule has 0 aromatic heterocycles. The van der Waals surface area contributed by atoms with Gasteiger partial charge in [-0.25, -0.2) is 0 Å². The molecule has 0 aliphatic carbocycles. The number of hydrogen-bond donors (Lipinski definition) is 1. The number of amides is 1. The highest BCUT2D eigenvalue weighted by Crippen LogP contribution is 2.28. The number of carbonyl (C=O) groups excluding carboxylic acids is 1. The zero-order valence-corrected chi connectivity index (χ0v) is 17.5. The lowest BCUT2D eigenvalue weighted by Gasteiger charge is -2.20. The minimum absolute atomic E-state index is 0.0741. The monoisotopic (exact) mass is 422 g/mol. The molecule has 0 aliphatic heterocycles. The van der Waals surface area contributed by atoms with Gasteiger partial charge in [-0.2, -0.15) is 8.78 Å². The van der Waals surface area contributed by atoms with Gasteiger partial charge in [-0.05, 0) is 48.4 Å². The number of likely N-dealkylation sites (N-methyl/N-ethyl adjacent to an activating group) is 1. The number of alkyl halides is 2. The molecule has 0 saturated carbocycles. The summed E-state index contributed by atoms with van der Waals surface area (Å²) in [5, 5.41) is 2.89. The van der Waals surface area contributed by atoms with Crippen molar-refractivity contribution >= 4 is 5.91 Å².